The molecule has 1 aromatic rings. The minimum absolute atomic E-state index is 0.174. The summed E-state index contributed by atoms with van der Waals surface area (Å²) in [5, 5.41) is 12.9. The van der Waals surface area contributed by atoms with Crippen LogP contribution < -0.4 is 5.32 Å². The Hall–Kier alpha value is -0.970. The number of hydrogen-bond donors (Lipinski definition) is 2. The average molecular weight is 266 g/mol. The van der Waals surface area contributed by atoms with Crippen LogP contribution in [0.15, 0.2) is 24.3 Å². The van der Waals surface area contributed by atoms with Gasteiger partial charge in [-0.25, -0.2) is 4.39 Å². The molecule has 3 nitrogen and oxygen atoms in total. The molecule has 1 fully saturated rings. The first kappa shape index (κ1) is 14.4. The van der Waals surface area contributed by atoms with E-state index in [9.17, 15) is 9.50 Å². The topological polar surface area (TPSA) is 35.5 Å². The van der Waals surface area contributed by atoms with E-state index < -0.39 is 0 Å². The second kappa shape index (κ2) is 6.98. The van der Waals surface area contributed by atoms with Crippen LogP contribution in [0.2, 0.25) is 0 Å². The largest absolute Gasteiger partial charge is 0.392 e. The predicted octanol–water partition coefficient (Wildman–Crippen LogP) is 1.93. The molecule has 4 heteroatoms. The van der Waals surface area contributed by atoms with Crippen molar-refractivity contribution in [1.29, 1.82) is 0 Å². The van der Waals surface area contributed by atoms with Gasteiger partial charge in [0.1, 0.15) is 5.82 Å². The molecule has 0 aliphatic carbocycles. The fraction of sp³-hybridized carbons (Fsp3) is 0.600. The number of hydrogen-bond acceptors (Lipinski definition) is 3. The van der Waals surface area contributed by atoms with Crippen molar-refractivity contribution in [2.45, 2.75) is 31.4 Å². The van der Waals surface area contributed by atoms with Crippen LogP contribution in [0.4, 0.5) is 4.39 Å². The Morgan fingerprint density at radius 3 is 2.79 bits per heavy atom. The van der Waals surface area contributed by atoms with Crippen LogP contribution in [0, 0.1) is 5.82 Å². The van der Waals surface area contributed by atoms with E-state index in [1.807, 2.05) is 19.2 Å². The highest BCUT2D eigenvalue weighted by Crippen LogP contribution is 2.19. The third kappa shape index (κ3) is 4.27. The molecule has 1 aromatic carbocycles. The summed E-state index contributed by atoms with van der Waals surface area (Å²) >= 11 is 0. The summed E-state index contributed by atoms with van der Waals surface area (Å²) in [4.78, 5) is 2.31. The maximum Gasteiger partial charge on any atom is 0.123 e. The third-order valence-electron chi connectivity index (χ3n) is 3.84. The molecule has 0 radical (unpaired) electrons. The number of aliphatic hydroxyl groups is 1. The molecule has 0 amide bonds. The molecule has 0 spiro atoms. The summed E-state index contributed by atoms with van der Waals surface area (Å²) < 4.78 is 12.9. The lowest BCUT2D eigenvalue weighted by molar-refractivity contribution is 0.0687. The van der Waals surface area contributed by atoms with Gasteiger partial charge in [0.05, 0.1) is 6.10 Å². The quantitative estimate of drug-likeness (QED) is 0.855. The van der Waals surface area contributed by atoms with Crippen molar-refractivity contribution in [2.24, 2.45) is 0 Å². The van der Waals surface area contributed by atoms with Gasteiger partial charge >= 0.3 is 0 Å². The van der Waals surface area contributed by atoms with Crippen molar-refractivity contribution in [3.8, 4) is 0 Å². The van der Waals surface area contributed by atoms with Gasteiger partial charge in [0.15, 0.2) is 0 Å². The van der Waals surface area contributed by atoms with Crippen molar-refractivity contribution >= 4 is 0 Å². The van der Waals surface area contributed by atoms with Gasteiger partial charge in [0.2, 0.25) is 0 Å². The Morgan fingerprint density at radius 1 is 1.42 bits per heavy atom. The Kier molecular flexibility index (Phi) is 5.31. The first-order valence-electron chi connectivity index (χ1n) is 7.02. The first-order chi connectivity index (χ1) is 9.19. The van der Waals surface area contributed by atoms with E-state index in [1.165, 1.54) is 12.1 Å². The Balaban J connectivity index is 1.87. The van der Waals surface area contributed by atoms with Crippen molar-refractivity contribution in [3.05, 3.63) is 35.6 Å². The van der Waals surface area contributed by atoms with Gasteiger partial charge < -0.3 is 15.3 Å². The zero-order valence-electron chi connectivity index (χ0n) is 11.5. The maximum atomic E-state index is 12.9. The number of likely N-dealkylation sites (tertiary alicyclic amines) is 1. The fourth-order valence-corrected chi connectivity index (χ4v) is 2.72. The summed E-state index contributed by atoms with van der Waals surface area (Å²) in [6.07, 6.45) is 2.79. The summed E-state index contributed by atoms with van der Waals surface area (Å²) in [7, 11) is 1.93. The van der Waals surface area contributed by atoms with Crippen molar-refractivity contribution in [3.63, 3.8) is 0 Å². The molecule has 2 unspecified atom stereocenters. The predicted molar refractivity (Wildman–Crippen MR) is 74.5 cm³/mol. The number of aliphatic hydroxyl groups excluding tert-OH is 1. The van der Waals surface area contributed by atoms with Gasteiger partial charge in [-0.3, -0.25) is 0 Å². The second-order valence-corrected chi connectivity index (χ2v) is 5.28. The molecule has 106 valence electrons. The van der Waals surface area contributed by atoms with Crippen LogP contribution in [0.5, 0.6) is 0 Å². The molecule has 0 saturated carbocycles. The molecular weight excluding hydrogens is 243 g/mol. The molecule has 2 atom stereocenters. The average Bonchev–Trinajstić information content (AvgIpc) is 2.41. The summed E-state index contributed by atoms with van der Waals surface area (Å²) in [5.41, 5.74) is 1.11. The van der Waals surface area contributed by atoms with Crippen molar-refractivity contribution in [1.82, 2.24) is 10.2 Å². The van der Waals surface area contributed by atoms with E-state index >= 15 is 0 Å². The number of piperidine rings is 1. The second-order valence-electron chi connectivity index (χ2n) is 5.28. The van der Waals surface area contributed by atoms with Gasteiger partial charge in [0.25, 0.3) is 0 Å². The van der Waals surface area contributed by atoms with Gasteiger partial charge in [0, 0.05) is 19.1 Å². The molecule has 19 heavy (non-hydrogen) atoms. The highest BCUT2D eigenvalue weighted by Gasteiger charge is 2.18. The number of halogens is 1. The number of benzene rings is 1. The SMILES string of the molecule is CNC(CCN1CCCC(O)C1)c1ccc(F)cc1. The Bertz CT molecular complexity index is 382. The molecule has 1 saturated heterocycles. The molecular formula is C15H23FN2O. The highest BCUT2D eigenvalue weighted by molar-refractivity contribution is 5.19. The van der Waals surface area contributed by atoms with Crippen LogP contribution in [-0.4, -0.2) is 42.8 Å². The lowest BCUT2D eigenvalue weighted by Gasteiger charge is -2.31. The molecule has 1 heterocycles. The normalized spacial score (nSPS) is 22.4. The molecule has 0 bridgehead atoms. The van der Waals surface area contributed by atoms with Crippen molar-refractivity contribution in [2.75, 3.05) is 26.7 Å². The van der Waals surface area contributed by atoms with Crippen LogP contribution >= 0.6 is 0 Å². The zero-order chi connectivity index (χ0) is 13.7. The molecule has 0 aromatic heterocycles. The van der Waals surface area contributed by atoms with Crippen LogP contribution in [0.3, 0.4) is 0 Å². The van der Waals surface area contributed by atoms with Crippen LogP contribution in [-0.2, 0) is 0 Å². The lowest BCUT2D eigenvalue weighted by Crippen LogP contribution is -2.39. The first-order valence-corrected chi connectivity index (χ1v) is 7.02. The Morgan fingerprint density at radius 2 is 2.16 bits per heavy atom. The Labute approximate surface area is 114 Å². The van der Waals surface area contributed by atoms with E-state index in [1.54, 1.807) is 0 Å². The number of β-amino-alcohol motifs (C(OH)–C–C–N with tert-alkyl or cyclic N) is 1. The van der Waals surface area contributed by atoms with Gasteiger partial charge in [-0.15, -0.1) is 0 Å². The van der Waals surface area contributed by atoms with Gasteiger partial charge in [-0.2, -0.15) is 0 Å². The molecule has 2 rings (SSSR count). The maximum absolute atomic E-state index is 12.9. The summed E-state index contributed by atoms with van der Waals surface area (Å²) in [5.74, 6) is -0.197. The number of rotatable bonds is 5. The zero-order valence-corrected chi connectivity index (χ0v) is 11.5. The summed E-state index contributed by atoms with van der Waals surface area (Å²) in [6, 6.07) is 6.91. The van der Waals surface area contributed by atoms with Gasteiger partial charge in [-0.1, -0.05) is 12.1 Å². The van der Waals surface area contributed by atoms with E-state index in [0.717, 1.165) is 44.5 Å². The monoisotopic (exact) mass is 266 g/mol. The van der Waals surface area contributed by atoms with Crippen LogP contribution in [0.1, 0.15) is 30.9 Å². The fourth-order valence-electron chi connectivity index (χ4n) is 2.72. The van der Waals surface area contributed by atoms with E-state index in [2.05, 4.69) is 10.2 Å². The third-order valence-corrected chi connectivity index (χ3v) is 3.84. The highest BCUT2D eigenvalue weighted by atomic mass is 19.1. The number of nitrogens with one attached hydrogen (secondary N) is 1. The minimum atomic E-state index is -0.197. The number of nitrogens with zero attached hydrogens (tertiary/aromatic N) is 1. The van der Waals surface area contributed by atoms with E-state index in [4.69, 9.17) is 0 Å². The lowest BCUT2D eigenvalue weighted by atomic mass is 10.0. The molecule has 1 aliphatic heterocycles. The molecule has 2 N–H and O–H groups in total. The standard InChI is InChI=1S/C15H23FN2O/c1-17-15(12-4-6-13(16)7-5-12)8-10-18-9-2-3-14(19)11-18/h4-7,14-15,17,19H,2-3,8-11H2,1H3. The summed E-state index contributed by atoms with van der Waals surface area (Å²) in [6.45, 7) is 2.80. The smallest absolute Gasteiger partial charge is 0.123 e. The molecule has 1 aliphatic rings. The van der Waals surface area contributed by atoms with E-state index in [-0.39, 0.29) is 18.0 Å². The van der Waals surface area contributed by atoms with Gasteiger partial charge in [-0.05, 0) is 50.6 Å². The van der Waals surface area contributed by atoms with Crippen molar-refractivity contribution < 1.29 is 9.50 Å². The minimum Gasteiger partial charge on any atom is -0.392 e. The van der Waals surface area contributed by atoms with E-state index in [0.29, 0.717) is 0 Å². The van der Waals surface area contributed by atoms with Crippen LogP contribution in [0.25, 0.3) is 0 Å².